The minimum absolute atomic E-state index is 0.0950. The molecule has 0 heterocycles. The maximum atomic E-state index is 9.66. The van der Waals surface area contributed by atoms with Crippen LogP contribution in [0.3, 0.4) is 0 Å². The molecule has 0 amide bonds. The van der Waals surface area contributed by atoms with Crippen molar-refractivity contribution in [3.63, 3.8) is 0 Å². The Hall–Kier alpha value is -1.38. The van der Waals surface area contributed by atoms with Crippen molar-refractivity contribution in [2.75, 3.05) is 7.11 Å². The first-order chi connectivity index (χ1) is 11.2. The molecule has 0 unspecified atom stereocenters. The number of phenols is 2. The Labute approximate surface area is 141 Å². The van der Waals surface area contributed by atoms with Gasteiger partial charge in [-0.1, -0.05) is 71.1 Å². The lowest BCUT2D eigenvalue weighted by Gasteiger charge is -2.08. The van der Waals surface area contributed by atoms with E-state index in [0.717, 1.165) is 18.4 Å². The molecule has 1 aromatic carbocycles. The Balaban J connectivity index is 2.06. The summed E-state index contributed by atoms with van der Waals surface area (Å²) >= 11 is 0. The summed E-state index contributed by atoms with van der Waals surface area (Å²) in [5, 5.41) is 19.3. The minimum Gasteiger partial charge on any atom is -0.504 e. The van der Waals surface area contributed by atoms with E-state index in [1.165, 1.54) is 71.3 Å². The average Bonchev–Trinajstić information content (AvgIpc) is 2.55. The van der Waals surface area contributed by atoms with E-state index < -0.39 is 0 Å². The van der Waals surface area contributed by atoms with Crippen LogP contribution < -0.4 is 4.74 Å². The van der Waals surface area contributed by atoms with Crippen LogP contribution in [0.25, 0.3) is 0 Å². The first-order valence-corrected chi connectivity index (χ1v) is 9.27. The van der Waals surface area contributed by atoms with Gasteiger partial charge in [-0.25, -0.2) is 0 Å². The Bertz CT molecular complexity index is 429. The first-order valence-electron chi connectivity index (χ1n) is 9.27. The van der Waals surface area contributed by atoms with Gasteiger partial charge < -0.3 is 14.9 Å². The molecule has 0 saturated heterocycles. The zero-order chi connectivity index (χ0) is 16.9. The molecule has 132 valence electrons. The van der Waals surface area contributed by atoms with Crippen LogP contribution in [0.5, 0.6) is 17.2 Å². The fraction of sp³-hybridized carbons (Fsp3) is 0.700. The van der Waals surface area contributed by atoms with Gasteiger partial charge in [0.25, 0.3) is 0 Å². The molecule has 0 aliphatic rings. The predicted molar refractivity (Wildman–Crippen MR) is 96.5 cm³/mol. The molecule has 1 aromatic rings. The number of benzene rings is 1. The van der Waals surface area contributed by atoms with E-state index in [1.54, 1.807) is 6.07 Å². The van der Waals surface area contributed by atoms with E-state index in [1.807, 2.05) is 6.07 Å². The van der Waals surface area contributed by atoms with E-state index in [2.05, 4.69) is 6.92 Å². The van der Waals surface area contributed by atoms with E-state index in [9.17, 15) is 10.2 Å². The molecule has 0 spiro atoms. The molecular weight excluding hydrogens is 288 g/mol. The van der Waals surface area contributed by atoms with Crippen molar-refractivity contribution >= 4 is 0 Å². The molecule has 0 atom stereocenters. The second-order valence-corrected chi connectivity index (χ2v) is 6.45. The van der Waals surface area contributed by atoms with Crippen molar-refractivity contribution in [3.8, 4) is 17.2 Å². The summed E-state index contributed by atoms with van der Waals surface area (Å²) in [5.41, 5.74) is 1.02. The Morgan fingerprint density at radius 3 is 1.83 bits per heavy atom. The second kappa shape index (κ2) is 12.1. The number of hydrogen-bond acceptors (Lipinski definition) is 3. The quantitative estimate of drug-likeness (QED) is 0.348. The number of hydrogen-bond donors (Lipinski definition) is 2. The fourth-order valence-corrected chi connectivity index (χ4v) is 2.94. The highest BCUT2D eigenvalue weighted by molar-refractivity contribution is 5.51. The van der Waals surface area contributed by atoms with Gasteiger partial charge in [0, 0.05) is 0 Å². The first kappa shape index (κ1) is 19.7. The van der Waals surface area contributed by atoms with Gasteiger partial charge in [0.2, 0.25) is 5.75 Å². The van der Waals surface area contributed by atoms with Gasteiger partial charge in [-0.3, -0.25) is 0 Å². The summed E-state index contributed by atoms with van der Waals surface area (Å²) in [6.45, 7) is 2.26. The average molecular weight is 322 g/mol. The molecule has 2 N–H and O–H groups in total. The SMILES string of the molecule is CCCCCCCCCCCCCc1cc(O)c(O)c(OC)c1. The zero-order valence-corrected chi connectivity index (χ0v) is 14.9. The Kier molecular flexibility index (Phi) is 10.3. The molecule has 0 aliphatic heterocycles. The van der Waals surface area contributed by atoms with Crippen LogP contribution in [0.15, 0.2) is 12.1 Å². The molecule has 0 bridgehead atoms. The Morgan fingerprint density at radius 1 is 0.783 bits per heavy atom. The smallest absolute Gasteiger partial charge is 0.200 e. The number of unbranched alkanes of at least 4 members (excludes halogenated alkanes) is 10. The van der Waals surface area contributed by atoms with Crippen molar-refractivity contribution in [1.82, 2.24) is 0 Å². The highest BCUT2D eigenvalue weighted by Gasteiger charge is 2.09. The topological polar surface area (TPSA) is 49.7 Å². The normalized spacial score (nSPS) is 10.9. The fourth-order valence-electron chi connectivity index (χ4n) is 2.94. The Morgan fingerprint density at radius 2 is 1.30 bits per heavy atom. The van der Waals surface area contributed by atoms with Gasteiger partial charge >= 0.3 is 0 Å². The maximum Gasteiger partial charge on any atom is 0.200 e. The van der Waals surface area contributed by atoms with E-state index in [4.69, 9.17) is 4.74 Å². The summed E-state index contributed by atoms with van der Waals surface area (Å²) in [4.78, 5) is 0. The van der Waals surface area contributed by atoms with Crippen molar-refractivity contribution in [3.05, 3.63) is 17.7 Å². The van der Waals surface area contributed by atoms with E-state index >= 15 is 0 Å². The van der Waals surface area contributed by atoms with Crippen molar-refractivity contribution in [2.45, 2.75) is 84.0 Å². The lowest BCUT2D eigenvalue weighted by Crippen LogP contribution is -1.90. The van der Waals surface area contributed by atoms with Crippen LogP contribution >= 0.6 is 0 Å². The molecule has 3 nitrogen and oxygen atoms in total. The van der Waals surface area contributed by atoms with Crippen molar-refractivity contribution in [1.29, 1.82) is 0 Å². The molecule has 1 rings (SSSR count). The van der Waals surface area contributed by atoms with E-state index in [-0.39, 0.29) is 11.5 Å². The minimum atomic E-state index is -0.171. The summed E-state index contributed by atoms with van der Waals surface area (Å²) in [6.07, 6.45) is 15.5. The third-order valence-corrected chi connectivity index (χ3v) is 4.40. The largest absolute Gasteiger partial charge is 0.504 e. The molecule has 23 heavy (non-hydrogen) atoms. The number of methoxy groups -OCH3 is 1. The van der Waals surface area contributed by atoms with Gasteiger partial charge in [0.15, 0.2) is 11.5 Å². The van der Waals surface area contributed by atoms with Crippen molar-refractivity contribution in [2.24, 2.45) is 0 Å². The number of aryl methyl sites for hydroxylation is 1. The van der Waals surface area contributed by atoms with Crippen molar-refractivity contribution < 1.29 is 14.9 Å². The van der Waals surface area contributed by atoms with Gasteiger partial charge in [-0.2, -0.15) is 0 Å². The number of phenolic OH excluding ortho intramolecular Hbond substituents is 2. The van der Waals surface area contributed by atoms with Crippen LogP contribution in [0.2, 0.25) is 0 Å². The van der Waals surface area contributed by atoms with E-state index in [0.29, 0.717) is 5.75 Å². The monoisotopic (exact) mass is 322 g/mol. The van der Waals surface area contributed by atoms with Crippen LogP contribution in [0, 0.1) is 0 Å². The highest BCUT2D eigenvalue weighted by atomic mass is 16.5. The standard InChI is InChI=1S/C20H34O3/c1-3-4-5-6-7-8-9-10-11-12-13-14-17-15-18(21)20(22)19(16-17)23-2/h15-16,21-22H,3-14H2,1-2H3. The lowest BCUT2D eigenvalue weighted by atomic mass is 10.0. The molecular formula is C20H34O3. The summed E-state index contributed by atoms with van der Waals surface area (Å²) in [5.74, 6) is 0.0840. The number of aromatic hydroxyl groups is 2. The number of rotatable bonds is 13. The molecule has 0 aliphatic carbocycles. The van der Waals surface area contributed by atoms with Crippen LogP contribution in [0.1, 0.15) is 83.1 Å². The zero-order valence-electron chi connectivity index (χ0n) is 14.9. The second-order valence-electron chi connectivity index (χ2n) is 6.45. The third kappa shape index (κ3) is 8.15. The molecule has 0 aromatic heterocycles. The number of ether oxygens (including phenoxy) is 1. The lowest BCUT2D eigenvalue weighted by molar-refractivity contribution is 0.350. The van der Waals surface area contributed by atoms with Gasteiger partial charge in [0.05, 0.1) is 7.11 Å². The van der Waals surface area contributed by atoms with Crippen LogP contribution in [-0.2, 0) is 6.42 Å². The molecule has 0 saturated carbocycles. The van der Waals surface area contributed by atoms with Gasteiger partial charge in [-0.05, 0) is 30.5 Å². The third-order valence-electron chi connectivity index (χ3n) is 4.40. The predicted octanol–water partition coefficient (Wildman–Crippen LogP) is 5.96. The molecule has 0 radical (unpaired) electrons. The maximum absolute atomic E-state index is 9.66. The summed E-state index contributed by atoms with van der Waals surface area (Å²) in [6, 6.07) is 3.44. The molecule has 3 heteroatoms. The highest BCUT2D eigenvalue weighted by Crippen LogP contribution is 2.36. The summed E-state index contributed by atoms with van der Waals surface area (Å²) < 4.78 is 5.06. The van der Waals surface area contributed by atoms with Crippen LogP contribution in [0.4, 0.5) is 0 Å². The molecule has 0 fully saturated rings. The van der Waals surface area contributed by atoms with Gasteiger partial charge in [-0.15, -0.1) is 0 Å². The van der Waals surface area contributed by atoms with Gasteiger partial charge in [0.1, 0.15) is 0 Å². The van der Waals surface area contributed by atoms with Crippen LogP contribution in [-0.4, -0.2) is 17.3 Å². The summed E-state index contributed by atoms with van der Waals surface area (Å²) in [7, 11) is 1.50.